The number of rotatable bonds is 5. The van der Waals surface area contributed by atoms with Crippen LogP contribution in [0.3, 0.4) is 0 Å². The van der Waals surface area contributed by atoms with Gasteiger partial charge in [0.05, 0.1) is 6.61 Å². The smallest absolute Gasteiger partial charge is 0.220 e. The largest absolute Gasteiger partial charge is 0.396 e. The summed E-state index contributed by atoms with van der Waals surface area (Å²) in [6, 6.07) is 0.184. The van der Waals surface area contributed by atoms with Gasteiger partial charge < -0.3 is 15.2 Å². The van der Waals surface area contributed by atoms with Crippen molar-refractivity contribution in [2.45, 2.75) is 32.2 Å². The van der Waals surface area contributed by atoms with Crippen LogP contribution in [0.4, 0.5) is 0 Å². The fourth-order valence-corrected chi connectivity index (χ4v) is 1.63. The van der Waals surface area contributed by atoms with Crippen molar-refractivity contribution in [1.29, 1.82) is 0 Å². The summed E-state index contributed by atoms with van der Waals surface area (Å²) in [6.07, 6.45) is 1.98. The number of hydrogen-bond donors (Lipinski definition) is 2. The zero-order chi connectivity index (χ0) is 10.4. The molecule has 1 aliphatic rings. The number of nitrogens with one attached hydrogen (secondary N) is 1. The quantitative estimate of drug-likeness (QED) is 0.672. The van der Waals surface area contributed by atoms with Crippen LogP contribution < -0.4 is 5.32 Å². The van der Waals surface area contributed by atoms with Crippen molar-refractivity contribution in [2.75, 3.05) is 19.8 Å². The van der Waals surface area contributed by atoms with Gasteiger partial charge in [0.25, 0.3) is 0 Å². The maximum absolute atomic E-state index is 11.3. The normalized spacial score (nSPS) is 23.4. The van der Waals surface area contributed by atoms with E-state index in [0.717, 1.165) is 19.6 Å². The van der Waals surface area contributed by atoms with Crippen molar-refractivity contribution in [2.24, 2.45) is 5.92 Å². The number of amides is 1. The van der Waals surface area contributed by atoms with Gasteiger partial charge in [0, 0.05) is 31.6 Å². The number of aliphatic hydroxyl groups is 1. The summed E-state index contributed by atoms with van der Waals surface area (Å²) in [6.45, 7) is 3.65. The Bertz CT molecular complexity index is 178. The summed E-state index contributed by atoms with van der Waals surface area (Å²) in [4.78, 5) is 11.3. The Hall–Kier alpha value is -0.610. The van der Waals surface area contributed by atoms with Crippen molar-refractivity contribution >= 4 is 5.91 Å². The minimum absolute atomic E-state index is 0.0263. The maximum Gasteiger partial charge on any atom is 0.220 e. The lowest BCUT2D eigenvalue weighted by molar-refractivity contribution is -0.122. The molecule has 0 spiro atoms. The lowest BCUT2D eigenvalue weighted by Gasteiger charge is -2.18. The summed E-state index contributed by atoms with van der Waals surface area (Å²) in [5.74, 6) is 0.478. The van der Waals surface area contributed by atoms with Crippen molar-refractivity contribution in [3.63, 3.8) is 0 Å². The fourth-order valence-electron chi connectivity index (χ4n) is 1.63. The predicted molar refractivity (Wildman–Crippen MR) is 52.9 cm³/mol. The van der Waals surface area contributed by atoms with E-state index in [4.69, 9.17) is 9.84 Å². The van der Waals surface area contributed by atoms with Crippen LogP contribution >= 0.6 is 0 Å². The molecule has 1 amide bonds. The van der Waals surface area contributed by atoms with Crippen LogP contribution in [0.5, 0.6) is 0 Å². The summed E-state index contributed by atoms with van der Waals surface area (Å²) < 4.78 is 5.25. The minimum atomic E-state index is 0.0263. The SMILES string of the molecule is CC(NC(=O)CCCO)C1CCOC1. The molecule has 0 aromatic rings. The van der Waals surface area contributed by atoms with Crippen molar-refractivity contribution in [3.05, 3.63) is 0 Å². The Kier molecular flexibility index (Phi) is 4.90. The lowest BCUT2D eigenvalue weighted by Crippen LogP contribution is -2.38. The highest BCUT2D eigenvalue weighted by Crippen LogP contribution is 2.16. The van der Waals surface area contributed by atoms with Crippen LogP contribution in [0, 0.1) is 5.92 Å². The average molecular weight is 201 g/mol. The van der Waals surface area contributed by atoms with E-state index in [1.807, 2.05) is 6.92 Å². The van der Waals surface area contributed by atoms with Crippen LogP contribution in [0.25, 0.3) is 0 Å². The monoisotopic (exact) mass is 201 g/mol. The van der Waals surface area contributed by atoms with E-state index in [1.54, 1.807) is 0 Å². The van der Waals surface area contributed by atoms with Gasteiger partial charge in [0.2, 0.25) is 5.91 Å². The van der Waals surface area contributed by atoms with Crippen LogP contribution in [-0.4, -0.2) is 36.9 Å². The Morgan fingerprint density at radius 1 is 1.71 bits per heavy atom. The zero-order valence-electron chi connectivity index (χ0n) is 8.66. The molecule has 1 heterocycles. The first kappa shape index (κ1) is 11.5. The molecule has 2 unspecified atom stereocenters. The summed E-state index contributed by atoms with van der Waals surface area (Å²) in [5, 5.41) is 11.5. The first-order chi connectivity index (χ1) is 6.74. The second-order valence-electron chi connectivity index (χ2n) is 3.81. The van der Waals surface area contributed by atoms with Gasteiger partial charge in [-0.05, 0) is 19.8 Å². The van der Waals surface area contributed by atoms with Gasteiger partial charge in [-0.15, -0.1) is 0 Å². The van der Waals surface area contributed by atoms with E-state index < -0.39 is 0 Å². The van der Waals surface area contributed by atoms with Crippen molar-refractivity contribution in [3.8, 4) is 0 Å². The Balaban J connectivity index is 2.18. The van der Waals surface area contributed by atoms with Crippen molar-refractivity contribution in [1.82, 2.24) is 5.32 Å². The molecule has 14 heavy (non-hydrogen) atoms. The van der Waals surface area contributed by atoms with Gasteiger partial charge in [-0.25, -0.2) is 0 Å². The molecular weight excluding hydrogens is 182 g/mol. The molecule has 0 aliphatic carbocycles. The van der Waals surface area contributed by atoms with Gasteiger partial charge in [-0.3, -0.25) is 4.79 Å². The molecule has 0 aromatic carbocycles. The maximum atomic E-state index is 11.3. The molecule has 0 bridgehead atoms. The fraction of sp³-hybridized carbons (Fsp3) is 0.900. The molecule has 4 nitrogen and oxygen atoms in total. The number of ether oxygens (including phenoxy) is 1. The number of carbonyl (C=O) groups is 1. The third-order valence-electron chi connectivity index (χ3n) is 2.62. The molecule has 1 aliphatic heterocycles. The summed E-state index contributed by atoms with van der Waals surface area (Å²) in [5.41, 5.74) is 0. The third kappa shape index (κ3) is 3.64. The molecule has 0 radical (unpaired) electrons. The number of carbonyl (C=O) groups excluding carboxylic acids is 1. The van der Waals surface area contributed by atoms with E-state index in [-0.39, 0.29) is 18.6 Å². The molecule has 1 rings (SSSR count). The van der Waals surface area contributed by atoms with Crippen LogP contribution in [-0.2, 0) is 9.53 Å². The van der Waals surface area contributed by atoms with E-state index in [1.165, 1.54) is 0 Å². The third-order valence-corrected chi connectivity index (χ3v) is 2.62. The molecule has 1 fully saturated rings. The average Bonchev–Trinajstić information content (AvgIpc) is 2.67. The molecule has 82 valence electrons. The van der Waals surface area contributed by atoms with E-state index >= 15 is 0 Å². The molecule has 2 N–H and O–H groups in total. The molecule has 0 saturated carbocycles. The minimum Gasteiger partial charge on any atom is -0.396 e. The second kappa shape index (κ2) is 5.98. The van der Waals surface area contributed by atoms with Gasteiger partial charge in [0.1, 0.15) is 0 Å². The van der Waals surface area contributed by atoms with Gasteiger partial charge in [0.15, 0.2) is 0 Å². The first-order valence-electron chi connectivity index (χ1n) is 5.22. The molecule has 4 heteroatoms. The standard InChI is InChI=1S/C10H19NO3/c1-8(9-4-6-14-7-9)11-10(13)3-2-5-12/h8-9,12H,2-7H2,1H3,(H,11,13). The van der Waals surface area contributed by atoms with Gasteiger partial charge in [-0.1, -0.05) is 0 Å². The highest BCUT2D eigenvalue weighted by atomic mass is 16.5. The van der Waals surface area contributed by atoms with Crippen LogP contribution in [0.2, 0.25) is 0 Å². The van der Waals surface area contributed by atoms with E-state index in [0.29, 0.717) is 18.8 Å². The highest BCUT2D eigenvalue weighted by Gasteiger charge is 2.23. The second-order valence-corrected chi connectivity index (χ2v) is 3.81. The van der Waals surface area contributed by atoms with Crippen molar-refractivity contribution < 1.29 is 14.6 Å². The van der Waals surface area contributed by atoms with Gasteiger partial charge >= 0.3 is 0 Å². The Morgan fingerprint density at radius 3 is 3.07 bits per heavy atom. The Labute approximate surface area is 84.6 Å². The van der Waals surface area contributed by atoms with Crippen LogP contribution in [0.15, 0.2) is 0 Å². The number of hydrogen-bond acceptors (Lipinski definition) is 3. The van der Waals surface area contributed by atoms with E-state index in [9.17, 15) is 4.79 Å². The molecule has 0 aromatic heterocycles. The zero-order valence-corrected chi connectivity index (χ0v) is 8.66. The first-order valence-corrected chi connectivity index (χ1v) is 5.22. The summed E-state index contributed by atoms with van der Waals surface area (Å²) in [7, 11) is 0. The number of aliphatic hydroxyl groups excluding tert-OH is 1. The summed E-state index contributed by atoms with van der Waals surface area (Å²) >= 11 is 0. The van der Waals surface area contributed by atoms with Gasteiger partial charge in [-0.2, -0.15) is 0 Å². The van der Waals surface area contributed by atoms with E-state index in [2.05, 4.69) is 5.32 Å². The molecule has 1 saturated heterocycles. The Morgan fingerprint density at radius 2 is 2.50 bits per heavy atom. The highest BCUT2D eigenvalue weighted by molar-refractivity contribution is 5.76. The molecular formula is C10H19NO3. The van der Waals surface area contributed by atoms with Crippen LogP contribution in [0.1, 0.15) is 26.2 Å². The topological polar surface area (TPSA) is 58.6 Å². The lowest BCUT2D eigenvalue weighted by atomic mass is 10.0. The molecule has 2 atom stereocenters. The predicted octanol–water partition coefficient (Wildman–Crippen LogP) is 0.300.